The number of hydrogen-bond acceptors (Lipinski definition) is 3. The fourth-order valence-electron chi connectivity index (χ4n) is 3.47. The predicted molar refractivity (Wildman–Crippen MR) is 116 cm³/mol. The average molecular weight is 388 g/mol. The molecule has 0 radical (unpaired) electrons. The number of amides is 1. The molecule has 28 heavy (non-hydrogen) atoms. The molecule has 0 saturated carbocycles. The van der Waals surface area contributed by atoms with E-state index in [1.807, 2.05) is 20.8 Å². The highest BCUT2D eigenvalue weighted by Gasteiger charge is 2.27. The topological polar surface area (TPSA) is 68.8 Å². The Morgan fingerprint density at radius 1 is 1.07 bits per heavy atom. The lowest BCUT2D eigenvalue weighted by atomic mass is 9.92. The molecule has 1 heterocycles. The Labute approximate surface area is 170 Å². The van der Waals surface area contributed by atoms with Crippen LogP contribution in [-0.2, 0) is 4.79 Å². The van der Waals surface area contributed by atoms with Gasteiger partial charge in [-0.3, -0.25) is 14.7 Å². The second kappa shape index (κ2) is 11.1. The number of carbonyl (C=O) groups excluding carboxylic acids is 1. The number of likely N-dealkylation sites (tertiary alicyclic amines) is 1. The van der Waals surface area contributed by atoms with E-state index in [0.29, 0.717) is 19.1 Å². The maximum atomic E-state index is 12.2. The van der Waals surface area contributed by atoms with Gasteiger partial charge in [0.05, 0.1) is 18.0 Å². The molecule has 2 rings (SSSR count). The summed E-state index contributed by atoms with van der Waals surface area (Å²) in [7, 11) is 0. The van der Waals surface area contributed by atoms with Crippen molar-refractivity contribution >= 4 is 11.9 Å². The third-order valence-electron chi connectivity index (χ3n) is 5.16. The van der Waals surface area contributed by atoms with E-state index >= 15 is 0 Å². The summed E-state index contributed by atoms with van der Waals surface area (Å²) < 4.78 is 0. The molecule has 1 amide bonds. The molecule has 1 aliphatic rings. The normalized spacial score (nSPS) is 16.6. The van der Waals surface area contributed by atoms with Crippen molar-refractivity contribution in [2.24, 2.45) is 10.4 Å². The van der Waals surface area contributed by atoms with Crippen LogP contribution in [-0.4, -0.2) is 56.0 Å². The zero-order valence-electron chi connectivity index (χ0n) is 17.9. The van der Waals surface area contributed by atoms with E-state index in [9.17, 15) is 4.79 Å². The van der Waals surface area contributed by atoms with E-state index in [2.05, 4.69) is 58.1 Å². The number of carbonyl (C=O) groups is 1. The summed E-state index contributed by atoms with van der Waals surface area (Å²) >= 11 is 0. The smallest absolute Gasteiger partial charge is 0.227 e. The van der Waals surface area contributed by atoms with Gasteiger partial charge in [-0.15, -0.1) is 0 Å². The van der Waals surface area contributed by atoms with Crippen LogP contribution in [0.4, 0.5) is 0 Å². The van der Waals surface area contributed by atoms with Crippen LogP contribution in [0.1, 0.15) is 52.1 Å². The van der Waals surface area contributed by atoms with E-state index in [0.717, 1.165) is 32.1 Å². The average Bonchev–Trinajstić information content (AvgIpc) is 3.21. The number of nitrogens with one attached hydrogen (secondary N) is 3. The molecule has 3 N–H and O–H groups in total. The zero-order valence-corrected chi connectivity index (χ0v) is 17.9. The Morgan fingerprint density at radius 3 is 2.32 bits per heavy atom. The van der Waals surface area contributed by atoms with Crippen LogP contribution >= 0.6 is 0 Å². The van der Waals surface area contributed by atoms with Gasteiger partial charge in [0.15, 0.2) is 5.96 Å². The largest absolute Gasteiger partial charge is 0.357 e. The van der Waals surface area contributed by atoms with Gasteiger partial charge in [-0.25, -0.2) is 0 Å². The first kappa shape index (κ1) is 22.2. The molecule has 1 fully saturated rings. The third-order valence-corrected chi connectivity index (χ3v) is 5.16. The molecule has 1 saturated heterocycles. The van der Waals surface area contributed by atoms with Crippen molar-refractivity contribution in [2.45, 2.75) is 46.6 Å². The van der Waals surface area contributed by atoms with Gasteiger partial charge >= 0.3 is 0 Å². The molecule has 0 spiro atoms. The number of benzene rings is 1. The minimum atomic E-state index is -0.536. The van der Waals surface area contributed by atoms with Crippen molar-refractivity contribution in [3.8, 4) is 0 Å². The first-order chi connectivity index (χ1) is 13.5. The van der Waals surface area contributed by atoms with E-state index < -0.39 is 5.41 Å². The quantitative estimate of drug-likeness (QED) is 0.450. The summed E-state index contributed by atoms with van der Waals surface area (Å²) in [6.07, 6.45) is 2.52. The SMILES string of the molecule is CCNC(=O)C(C)(C)CN=C(NCC)NCC(c1ccccc1)N1CCCC1. The highest BCUT2D eigenvalue weighted by molar-refractivity contribution is 5.83. The van der Waals surface area contributed by atoms with Crippen LogP contribution in [0.3, 0.4) is 0 Å². The molecular weight excluding hydrogens is 350 g/mol. The lowest BCUT2D eigenvalue weighted by molar-refractivity contribution is -0.128. The van der Waals surface area contributed by atoms with Gasteiger partial charge in [0.25, 0.3) is 0 Å². The summed E-state index contributed by atoms with van der Waals surface area (Å²) in [5.41, 5.74) is 0.794. The van der Waals surface area contributed by atoms with Crippen LogP contribution in [0.25, 0.3) is 0 Å². The minimum absolute atomic E-state index is 0.0360. The van der Waals surface area contributed by atoms with Crippen LogP contribution in [0.15, 0.2) is 35.3 Å². The van der Waals surface area contributed by atoms with Crippen LogP contribution in [0, 0.1) is 5.41 Å². The van der Waals surface area contributed by atoms with Gasteiger partial charge in [-0.1, -0.05) is 30.3 Å². The van der Waals surface area contributed by atoms with E-state index in [1.54, 1.807) is 0 Å². The Morgan fingerprint density at radius 2 is 1.71 bits per heavy atom. The molecule has 6 heteroatoms. The van der Waals surface area contributed by atoms with Gasteiger partial charge in [0.2, 0.25) is 5.91 Å². The Kier molecular flexibility index (Phi) is 8.77. The van der Waals surface area contributed by atoms with E-state index in [-0.39, 0.29) is 5.91 Å². The minimum Gasteiger partial charge on any atom is -0.357 e. The highest BCUT2D eigenvalue weighted by atomic mass is 16.2. The molecule has 1 aromatic carbocycles. The monoisotopic (exact) mass is 387 g/mol. The van der Waals surface area contributed by atoms with Crippen molar-refractivity contribution in [1.82, 2.24) is 20.9 Å². The highest BCUT2D eigenvalue weighted by Crippen LogP contribution is 2.24. The second-order valence-corrected chi connectivity index (χ2v) is 7.99. The second-order valence-electron chi connectivity index (χ2n) is 7.99. The van der Waals surface area contributed by atoms with Gasteiger partial charge in [-0.05, 0) is 59.2 Å². The molecule has 1 aliphatic heterocycles. The third kappa shape index (κ3) is 6.51. The molecular formula is C22H37N5O. The Bertz CT molecular complexity index is 623. The maximum absolute atomic E-state index is 12.2. The Hall–Kier alpha value is -2.08. The van der Waals surface area contributed by atoms with E-state index in [1.165, 1.54) is 18.4 Å². The maximum Gasteiger partial charge on any atom is 0.227 e. The molecule has 1 unspecified atom stereocenters. The zero-order chi connectivity index (χ0) is 20.4. The Balaban J connectivity index is 2.05. The fourth-order valence-corrected chi connectivity index (χ4v) is 3.47. The van der Waals surface area contributed by atoms with Gasteiger partial charge in [-0.2, -0.15) is 0 Å². The van der Waals surface area contributed by atoms with Crippen LogP contribution in [0.2, 0.25) is 0 Å². The lowest BCUT2D eigenvalue weighted by Gasteiger charge is -2.29. The number of rotatable bonds is 9. The number of guanidine groups is 1. The summed E-state index contributed by atoms with van der Waals surface area (Å²) in [4.78, 5) is 19.5. The lowest BCUT2D eigenvalue weighted by Crippen LogP contribution is -2.44. The van der Waals surface area contributed by atoms with Crippen molar-refractivity contribution in [2.75, 3.05) is 39.3 Å². The number of nitrogens with zero attached hydrogens (tertiary/aromatic N) is 2. The van der Waals surface area contributed by atoms with Crippen molar-refractivity contribution < 1.29 is 4.79 Å². The number of aliphatic imine (C=N–C) groups is 1. The first-order valence-corrected chi connectivity index (χ1v) is 10.6. The summed E-state index contributed by atoms with van der Waals surface area (Å²) in [5.74, 6) is 0.800. The fraction of sp³-hybridized carbons (Fsp3) is 0.636. The van der Waals surface area contributed by atoms with Gasteiger partial charge in [0, 0.05) is 19.6 Å². The summed E-state index contributed by atoms with van der Waals surface area (Å²) in [6, 6.07) is 11.0. The van der Waals surface area contributed by atoms with E-state index in [4.69, 9.17) is 4.99 Å². The first-order valence-electron chi connectivity index (χ1n) is 10.6. The number of hydrogen-bond donors (Lipinski definition) is 3. The molecule has 0 aliphatic carbocycles. The predicted octanol–water partition coefficient (Wildman–Crippen LogP) is 2.54. The standard InChI is InChI=1S/C22H37N5O/c1-5-23-20(28)22(3,4)17-26-21(24-6-2)25-16-19(27-14-10-11-15-27)18-12-8-7-9-13-18/h7-9,12-13,19H,5-6,10-11,14-17H2,1-4H3,(H,23,28)(H2,24,25,26). The molecule has 0 bridgehead atoms. The molecule has 1 atom stereocenters. The van der Waals surface area contributed by atoms with Crippen molar-refractivity contribution in [3.05, 3.63) is 35.9 Å². The molecule has 1 aromatic rings. The van der Waals surface area contributed by atoms with Crippen molar-refractivity contribution in [1.29, 1.82) is 0 Å². The van der Waals surface area contributed by atoms with Crippen LogP contribution < -0.4 is 16.0 Å². The summed E-state index contributed by atoms with van der Waals surface area (Å²) in [6.45, 7) is 12.8. The molecule has 0 aromatic heterocycles. The van der Waals surface area contributed by atoms with Crippen molar-refractivity contribution in [3.63, 3.8) is 0 Å². The van der Waals surface area contributed by atoms with Gasteiger partial charge < -0.3 is 16.0 Å². The molecule has 156 valence electrons. The van der Waals surface area contributed by atoms with Gasteiger partial charge in [0.1, 0.15) is 0 Å². The van der Waals surface area contributed by atoms with Crippen LogP contribution in [0.5, 0.6) is 0 Å². The molecule has 6 nitrogen and oxygen atoms in total. The summed E-state index contributed by atoms with van der Waals surface area (Å²) in [5, 5.41) is 9.71.